The average Bonchev–Trinajstić information content (AvgIpc) is 3.37. The third kappa shape index (κ3) is 3.57. The molecule has 1 aliphatic rings. The summed E-state index contributed by atoms with van der Waals surface area (Å²) in [6.45, 7) is 6.15. The first kappa shape index (κ1) is 18.4. The summed E-state index contributed by atoms with van der Waals surface area (Å²) in [5.74, 6) is 1.09. The SMILES string of the molecule is Cc1noc(C)c1S(=O)(=O)N1CCN(Cc2nc(-c3ccco3)cs2)CC1. The highest BCUT2D eigenvalue weighted by atomic mass is 32.2. The van der Waals surface area contributed by atoms with E-state index in [-0.39, 0.29) is 4.90 Å². The Balaban J connectivity index is 1.39. The average molecular weight is 409 g/mol. The quantitative estimate of drug-likeness (QED) is 0.640. The predicted molar refractivity (Wildman–Crippen MR) is 99.8 cm³/mol. The van der Waals surface area contributed by atoms with Gasteiger partial charge in [-0.3, -0.25) is 4.90 Å². The van der Waals surface area contributed by atoms with Crippen molar-refractivity contribution in [1.29, 1.82) is 0 Å². The Morgan fingerprint density at radius 3 is 2.63 bits per heavy atom. The van der Waals surface area contributed by atoms with Crippen LogP contribution in [-0.2, 0) is 16.6 Å². The molecule has 10 heteroatoms. The van der Waals surface area contributed by atoms with E-state index < -0.39 is 10.0 Å². The van der Waals surface area contributed by atoms with Gasteiger partial charge in [-0.2, -0.15) is 4.31 Å². The second-order valence-electron chi connectivity index (χ2n) is 6.44. The van der Waals surface area contributed by atoms with Gasteiger partial charge in [0.05, 0.1) is 12.8 Å². The Hall–Kier alpha value is -2.01. The summed E-state index contributed by atoms with van der Waals surface area (Å²) in [6, 6.07) is 3.73. The molecule has 1 fully saturated rings. The van der Waals surface area contributed by atoms with Crippen molar-refractivity contribution in [2.45, 2.75) is 25.3 Å². The summed E-state index contributed by atoms with van der Waals surface area (Å²) in [5.41, 5.74) is 1.24. The lowest BCUT2D eigenvalue weighted by Gasteiger charge is -2.33. The number of furan rings is 1. The molecule has 0 radical (unpaired) electrons. The van der Waals surface area contributed by atoms with Gasteiger partial charge in [0.1, 0.15) is 21.3 Å². The maximum absolute atomic E-state index is 12.9. The van der Waals surface area contributed by atoms with E-state index in [1.54, 1.807) is 31.4 Å². The molecule has 0 aliphatic carbocycles. The van der Waals surface area contributed by atoms with Gasteiger partial charge in [0.2, 0.25) is 10.0 Å². The topological polar surface area (TPSA) is 92.7 Å². The van der Waals surface area contributed by atoms with Crippen molar-refractivity contribution < 1.29 is 17.4 Å². The Bertz CT molecular complexity index is 996. The lowest BCUT2D eigenvalue weighted by Crippen LogP contribution is -2.48. The molecule has 4 heterocycles. The number of nitrogens with zero attached hydrogens (tertiary/aromatic N) is 4. The van der Waals surface area contributed by atoms with Crippen LogP contribution in [0.3, 0.4) is 0 Å². The zero-order chi connectivity index (χ0) is 19.0. The predicted octanol–water partition coefficient (Wildman–Crippen LogP) is 2.51. The van der Waals surface area contributed by atoms with Crippen LogP contribution in [0.25, 0.3) is 11.5 Å². The van der Waals surface area contributed by atoms with Crippen LogP contribution in [0.2, 0.25) is 0 Å². The number of rotatable bonds is 5. The molecule has 0 aromatic carbocycles. The highest BCUT2D eigenvalue weighted by Gasteiger charge is 2.33. The molecular formula is C17H20N4O4S2. The van der Waals surface area contributed by atoms with Gasteiger partial charge in [0.15, 0.2) is 11.5 Å². The largest absolute Gasteiger partial charge is 0.463 e. The van der Waals surface area contributed by atoms with Crippen molar-refractivity contribution in [3.05, 3.63) is 40.2 Å². The van der Waals surface area contributed by atoms with Crippen LogP contribution in [0.5, 0.6) is 0 Å². The molecule has 0 saturated carbocycles. The molecule has 1 saturated heterocycles. The number of hydrogen-bond acceptors (Lipinski definition) is 8. The van der Waals surface area contributed by atoms with E-state index in [1.165, 1.54) is 4.31 Å². The molecule has 3 aromatic heterocycles. The second kappa shape index (κ2) is 7.19. The third-order valence-corrected chi connectivity index (χ3v) is 7.56. The highest BCUT2D eigenvalue weighted by molar-refractivity contribution is 7.89. The van der Waals surface area contributed by atoms with Crippen LogP contribution >= 0.6 is 11.3 Å². The van der Waals surface area contributed by atoms with Crippen LogP contribution in [0.15, 0.2) is 37.6 Å². The molecule has 0 bridgehead atoms. The molecule has 27 heavy (non-hydrogen) atoms. The van der Waals surface area contributed by atoms with E-state index in [4.69, 9.17) is 8.94 Å². The van der Waals surface area contributed by atoms with Gasteiger partial charge < -0.3 is 8.94 Å². The lowest BCUT2D eigenvalue weighted by atomic mass is 10.3. The van der Waals surface area contributed by atoms with Gasteiger partial charge in [0, 0.05) is 31.6 Å². The Morgan fingerprint density at radius 1 is 1.22 bits per heavy atom. The molecule has 0 spiro atoms. The van der Waals surface area contributed by atoms with Gasteiger partial charge in [-0.1, -0.05) is 5.16 Å². The van der Waals surface area contributed by atoms with Crippen molar-refractivity contribution in [2.24, 2.45) is 0 Å². The van der Waals surface area contributed by atoms with Gasteiger partial charge >= 0.3 is 0 Å². The van der Waals surface area contributed by atoms with Crippen molar-refractivity contribution >= 4 is 21.4 Å². The van der Waals surface area contributed by atoms with Gasteiger partial charge in [0.25, 0.3) is 0 Å². The Morgan fingerprint density at radius 2 is 2.00 bits per heavy atom. The maximum atomic E-state index is 12.9. The third-order valence-electron chi connectivity index (χ3n) is 4.58. The first-order valence-electron chi connectivity index (χ1n) is 8.59. The minimum atomic E-state index is -3.58. The molecule has 4 rings (SSSR count). The van der Waals surface area contributed by atoms with Crippen molar-refractivity contribution in [2.75, 3.05) is 26.2 Å². The van der Waals surface area contributed by atoms with Crippen LogP contribution in [0.4, 0.5) is 0 Å². The summed E-state index contributed by atoms with van der Waals surface area (Å²) in [5, 5.41) is 6.73. The Labute approximate surface area is 161 Å². The maximum Gasteiger partial charge on any atom is 0.248 e. The molecule has 0 N–H and O–H groups in total. The van der Waals surface area contributed by atoms with E-state index in [2.05, 4.69) is 15.0 Å². The van der Waals surface area contributed by atoms with E-state index in [1.807, 2.05) is 17.5 Å². The number of sulfonamides is 1. The molecule has 0 unspecified atom stereocenters. The van der Waals surface area contributed by atoms with E-state index in [0.29, 0.717) is 44.2 Å². The van der Waals surface area contributed by atoms with Crippen molar-refractivity contribution in [3.8, 4) is 11.5 Å². The fourth-order valence-corrected chi connectivity index (χ4v) is 5.75. The fraction of sp³-hybridized carbons (Fsp3) is 0.412. The molecule has 1 aliphatic heterocycles. The molecule has 3 aromatic rings. The molecule has 144 valence electrons. The molecule has 8 nitrogen and oxygen atoms in total. The van der Waals surface area contributed by atoms with E-state index >= 15 is 0 Å². The van der Waals surface area contributed by atoms with Crippen molar-refractivity contribution in [1.82, 2.24) is 19.3 Å². The smallest absolute Gasteiger partial charge is 0.248 e. The van der Waals surface area contributed by atoms with Gasteiger partial charge in [-0.05, 0) is 26.0 Å². The first-order chi connectivity index (χ1) is 12.9. The number of hydrogen-bond donors (Lipinski definition) is 0. The van der Waals surface area contributed by atoms with Crippen LogP contribution < -0.4 is 0 Å². The highest BCUT2D eigenvalue weighted by Crippen LogP contribution is 2.26. The first-order valence-corrected chi connectivity index (χ1v) is 10.9. The summed E-state index contributed by atoms with van der Waals surface area (Å²) in [7, 11) is -3.58. The van der Waals surface area contributed by atoms with Crippen LogP contribution in [-0.4, -0.2) is 53.9 Å². The minimum Gasteiger partial charge on any atom is -0.463 e. The van der Waals surface area contributed by atoms with Crippen LogP contribution in [0, 0.1) is 13.8 Å². The monoisotopic (exact) mass is 408 g/mol. The fourth-order valence-electron chi connectivity index (χ4n) is 3.21. The zero-order valence-corrected chi connectivity index (χ0v) is 16.7. The summed E-state index contributed by atoms with van der Waals surface area (Å²) in [4.78, 5) is 7.01. The Kier molecular flexibility index (Phi) is 4.89. The number of aromatic nitrogens is 2. The second-order valence-corrected chi connectivity index (χ2v) is 9.25. The van der Waals surface area contributed by atoms with Gasteiger partial charge in [-0.15, -0.1) is 11.3 Å². The zero-order valence-electron chi connectivity index (χ0n) is 15.1. The van der Waals surface area contributed by atoms with Gasteiger partial charge in [-0.25, -0.2) is 13.4 Å². The van der Waals surface area contributed by atoms with E-state index in [9.17, 15) is 8.42 Å². The van der Waals surface area contributed by atoms with Crippen molar-refractivity contribution in [3.63, 3.8) is 0 Å². The lowest BCUT2D eigenvalue weighted by molar-refractivity contribution is 0.181. The normalized spacial score (nSPS) is 16.8. The standard InChI is InChI=1S/C17H20N4O4S2/c1-12-17(13(2)25-19-12)27(22,23)21-7-5-20(6-8-21)10-16-18-14(11-26-16)15-4-3-9-24-15/h3-4,9,11H,5-8,10H2,1-2H3. The number of aryl methyl sites for hydroxylation is 2. The van der Waals surface area contributed by atoms with E-state index in [0.717, 1.165) is 16.5 Å². The minimum absolute atomic E-state index is 0.193. The summed E-state index contributed by atoms with van der Waals surface area (Å²) in [6.07, 6.45) is 1.63. The number of piperazine rings is 1. The molecular weight excluding hydrogens is 388 g/mol. The summed E-state index contributed by atoms with van der Waals surface area (Å²) < 4.78 is 37.7. The van der Waals surface area contributed by atoms with Crippen LogP contribution in [0.1, 0.15) is 16.5 Å². The number of thiazole rings is 1. The molecule has 0 atom stereocenters. The summed E-state index contributed by atoms with van der Waals surface area (Å²) >= 11 is 1.58. The molecule has 0 amide bonds.